The van der Waals surface area contributed by atoms with Gasteiger partial charge in [0.1, 0.15) is 11.3 Å². The predicted molar refractivity (Wildman–Crippen MR) is 70.7 cm³/mol. The summed E-state index contributed by atoms with van der Waals surface area (Å²) in [6.45, 7) is 4.90. The lowest BCUT2D eigenvalue weighted by Crippen LogP contribution is -2.13. The quantitative estimate of drug-likeness (QED) is 0.826. The molecule has 0 aliphatic carbocycles. The van der Waals surface area contributed by atoms with E-state index in [1.165, 1.54) is 0 Å². The molecule has 1 aromatic carbocycles. The van der Waals surface area contributed by atoms with Crippen molar-refractivity contribution < 1.29 is 13.9 Å². The van der Waals surface area contributed by atoms with Crippen molar-refractivity contribution in [2.75, 3.05) is 18.5 Å². The van der Waals surface area contributed by atoms with Gasteiger partial charge in [-0.05, 0) is 38.1 Å². The first-order chi connectivity index (χ1) is 8.69. The van der Waals surface area contributed by atoms with Crippen molar-refractivity contribution in [3.8, 4) is 0 Å². The largest absolute Gasteiger partial charge is 0.461 e. The normalized spacial score (nSPS) is 10.8. The highest BCUT2D eigenvalue weighted by Crippen LogP contribution is 2.22. The third-order valence-corrected chi connectivity index (χ3v) is 2.60. The van der Waals surface area contributed by atoms with E-state index in [0.717, 1.165) is 22.4 Å². The van der Waals surface area contributed by atoms with Crippen molar-refractivity contribution in [1.82, 2.24) is 0 Å². The van der Waals surface area contributed by atoms with Gasteiger partial charge < -0.3 is 14.5 Å². The lowest BCUT2D eigenvalue weighted by molar-refractivity contribution is -0.117. The number of hydrogen-bond acceptors (Lipinski definition) is 3. The maximum Gasteiger partial charge on any atom is 0.226 e. The van der Waals surface area contributed by atoms with E-state index in [-0.39, 0.29) is 5.91 Å². The molecule has 96 valence electrons. The molecule has 0 spiro atoms. The van der Waals surface area contributed by atoms with Gasteiger partial charge in [0.2, 0.25) is 5.91 Å². The van der Waals surface area contributed by atoms with Gasteiger partial charge in [-0.15, -0.1) is 0 Å². The van der Waals surface area contributed by atoms with E-state index in [1.807, 2.05) is 38.1 Å². The van der Waals surface area contributed by atoms with Gasteiger partial charge in [0.25, 0.3) is 0 Å². The second-order valence-corrected chi connectivity index (χ2v) is 4.10. The minimum Gasteiger partial charge on any atom is -0.461 e. The van der Waals surface area contributed by atoms with E-state index < -0.39 is 0 Å². The first kappa shape index (κ1) is 12.6. The van der Waals surface area contributed by atoms with E-state index in [0.29, 0.717) is 19.6 Å². The van der Waals surface area contributed by atoms with Crippen LogP contribution in [0.1, 0.15) is 19.1 Å². The highest BCUT2D eigenvalue weighted by molar-refractivity contribution is 5.93. The maximum atomic E-state index is 11.6. The molecule has 0 aliphatic rings. The molecule has 0 atom stereocenters. The van der Waals surface area contributed by atoms with Crippen LogP contribution >= 0.6 is 0 Å². The van der Waals surface area contributed by atoms with Gasteiger partial charge in [0.15, 0.2) is 0 Å². The fraction of sp³-hybridized carbons (Fsp3) is 0.357. The fourth-order valence-electron chi connectivity index (χ4n) is 1.79. The number of hydrogen-bond donors (Lipinski definition) is 1. The molecule has 0 bridgehead atoms. The van der Waals surface area contributed by atoms with E-state index in [2.05, 4.69) is 5.32 Å². The summed E-state index contributed by atoms with van der Waals surface area (Å²) < 4.78 is 10.6. The van der Waals surface area contributed by atoms with Crippen LogP contribution < -0.4 is 5.32 Å². The highest BCUT2D eigenvalue weighted by atomic mass is 16.5. The minimum atomic E-state index is -0.0389. The lowest BCUT2D eigenvalue weighted by Gasteiger charge is -2.05. The van der Waals surface area contributed by atoms with Crippen LogP contribution in [0.3, 0.4) is 0 Å². The molecule has 0 fully saturated rings. The van der Waals surface area contributed by atoms with Gasteiger partial charge in [0, 0.05) is 17.7 Å². The van der Waals surface area contributed by atoms with Crippen molar-refractivity contribution in [2.45, 2.75) is 20.3 Å². The number of ether oxygens (including phenoxy) is 1. The molecular formula is C14H17NO3. The number of carbonyl (C=O) groups excluding carboxylic acids is 1. The van der Waals surface area contributed by atoms with Crippen molar-refractivity contribution in [2.24, 2.45) is 0 Å². The van der Waals surface area contributed by atoms with Crippen LogP contribution in [0.2, 0.25) is 0 Å². The first-order valence-corrected chi connectivity index (χ1v) is 6.07. The Kier molecular flexibility index (Phi) is 3.99. The van der Waals surface area contributed by atoms with Gasteiger partial charge in [-0.3, -0.25) is 4.79 Å². The highest BCUT2D eigenvalue weighted by Gasteiger charge is 2.05. The molecule has 4 heteroatoms. The van der Waals surface area contributed by atoms with Crippen LogP contribution in [0.25, 0.3) is 11.0 Å². The second-order valence-electron chi connectivity index (χ2n) is 4.10. The molecule has 0 aliphatic heterocycles. The van der Waals surface area contributed by atoms with Crippen LogP contribution in [0.4, 0.5) is 5.69 Å². The lowest BCUT2D eigenvalue weighted by atomic mass is 10.2. The minimum absolute atomic E-state index is 0.0389. The Morgan fingerprint density at radius 2 is 2.22 bits per heavy atom. The molecule has 1 amide bonds. The van der Waals surface area contributed by atoms with Gasteiger partial charge in [-0.1, -0.05) is 0 Å². The summed E-state index contributed by atoms with van der Waals surface area (Å²) >= 11 is 0. The standard InChI is InChI=1S/C14H17NO3/c1-3-17-7-6-14(16)15-12-4-5-13-11(9-12)8-10(2)18-13/h4-5,8-9H,3,6-7H2,1-2H3,(H,15,16). The Hall–Kier alpha value is -1.81. The molecule has 1 aromatic heterocycles. The van der Waals surface area contributed by atoms with Crippen LogP contribution in [0, 0.1) is 6.92 Å². The van der Waals surface area contributed by atoms with E-state index in [1.54, 1.807) is 0 Å². The zero-order valence-corrected chi connectivity index (χ0v) is 10.7. The smallest absolute Gasteiger partial charge is 0.226 e. The Bertz CT molecular complexity index is 545. The summed E-state index contributed by atoms with van der Waals surface area (Å²) in [5, 5.41) is 3.84. The number of aryl methyl sites for hydroxylation is 1. The zero-order chi connectivity index (χ0) is 13.0. The van der Waals surface area contributed by atoms with Gasteiger partial charge >= 0.3 is 0 Å². The maximum absolute atomic E-state index is 11.6. The topological polar surface area (TPSA) is 51.5 Å². The summed E-state index contributed by atoms with van der Waals surface area (Å²) in [6, 6.07) is 7.56. The zero-order valence-electron chi connectivity index (χ0n) is 10.7. The number of rotatable bonds is 5. The summed E-state index contributed by atoms with van der Waals surface area (Å²) in [6.07, 6.45) is 0.371. The number of amides is 1. The molecule has 18 heavy (non-hydrogen) atoms. The summed E-state index contributed by atoms with van der Waals surface area (Å²) in [5.41, 5.74) is 1.62. The van der Waals surface area contributed by atoms with Crippen LogP contribution in [0.15, 0.2) is 28.7 Å². The number of anilines is 1. The molecule has 0 saturated carbocycles. The number of fused-ring (bicyclic) bond motifs is 1. The average Bonchev–Trinajstić information content (AvgIpc) is 2.69. The Balaban J connectivity index is 2.00. The predicted octanol–water partition coefficient (Wildman–Crippen LogP) is 3.11. The molecule has 0 saturated heterocycles. The number of carbonyl (C=O) groups is 1. The monoisotopic (exact) mass is 247 g/mol. The summed E-state index contributed by atoms with van der Waals surface area (Å²) in [4.78, 5) is 11.6. The fourth-order valence-corrected chi connectivity index (χ4v) is 1.79. The Labute approximate surface area is 106 Å². The van der Waals surface area contributed by atoms with E-state index in [4.69, 9.17) is 9.15 Å². The summed E-state index contributed by atoms with van der Waals surface area (Å²) in [7, 11) is 0. The van der Waals surface area contributed by atoms with E-state index in [9.17, 15) is 4.79 Å². The number of furan rings is 1. The second kappa shape index (κ2) is 5.69. The van der Waals surface area contributed by atoms with Gasteiger partial charge in [-0.2, -0.15) is 0 Å². The first-order valence-electron chi connectivity index (χ1n) is 6.07. The Morgan fingerprint density at radius 1 is 1.39 bits per heavy atom. The number of nitrogens with one attached hydrogen (secondary N) is 1. The SMILES string of the molecule is CCOCCC(=O)Nc1ccc2oc(C)cc2c1. The van der Waals surface area contributed by atoms with Crippen LogP contribution in [-0.2, 0) is 9.53 Å². The van der Waals surface area contributed by atoms with Crippen LogP contribution in [-0.4, -0.2) is 19.1 Å². The molecule has 4 nitrogen and oxygen atoms in total. The Morgan fingerprint density at radius 3 is 3.00 bits per heavy atom. The van der Waals surface area contributed by atoms with Crippen molar-refractivity contribution in [1.29, 1.82) is 0 Å². The molecule has 2 rings (SSSR count). The van der Waals surface area contributed by atoms with Crippen molar-refractivity contribution in [3.63, 3.8) is 0 Å². The third-order valence-electron chi connectivity index (χ3n) is 2.60. The van der Waals surface area contributed by atoms with Crippen LogP contribution in [0.5, 0.6) is 0 Å². The molecular weight excluding hydrogens is 230 g/mol. The molecule has 1 N–H and O–H groups in total. The third kappa shape index (κ3) is 3.11. The molecule has 0 radical (unpaired) electrons. The average molecular weight is 247 g/mol. The summed E-state index contributed by atoms with van der Waals surface area (Å²) in [5.74, 6) is 0.827. The molecule has 2 aromatic rings. The number of benzene rings is 1. The van der Waals surface area contributed by atoms with Gasteiger partial charge in [0.05, 0.1) is 13.0 Å². The molecule has 0 unspecified atom stereocenters. The van der Waals surface area contributed by atoms with Crippen molar-refractivity contribution in [3.05, 3.63) is 30.0 Å². The molecule has 1 heterocycles. The van der Waals surface area contributed by atoms with E-state index >= 15 is 0 Å². The van der Waals surface area contributed by atoms with Crippen molar-refractivity contribution >= 4 is 22.6 Å². The van der Waals surface area contributed by atoms with Gasteiger partial charge in [-0.25, -0.2) is 0 Å².